The number of rotatable bonds is 5. The zero-order valence-corrected chi connectivity index (χ0v) is 12.0. The maximum atomic E-state index is 11.4. The second-order valence-electron chi connectivity index (χ2n) is 5.77. The van der Waals surface area contributed by atoms with Gasteiger partial charge in [-0.25, -0.2) is 4.98 Å². The van der Waals surface area contributed by atoms with Crippen molar-refractivity contribution in [2.24, 2.45) is 11.8 Å². The summed E-state index contributed by atoms with van der Waals surface area (Å²) in [5.41, 5.74) is -0.0687. The molecule has 0 spiro atoms. The van der Waals surface area contributed by atoms with E-state index >= 15 is 0 Å². The van der Waals surface area contributed by atoms with Crippen molar-refractivity contribution >= 4 is 5.82 Å². The Kier molecular flexibility index (Phi) is 5.00. The van der Waals surface area contributed by atoms with Crippen LogP contribution in [-0.2, 0) is 6.42 Å². The topological polar surface area (TPSA) is 57.8 Å². The molecule has 0 saturated heterocycles. The molecule has 2 rings (SSSR count). The molecule has 1 aromatic heterocycles. The average Bonchev–Trinajstić information content (AvgIpc) is 2.40. The molecule has 1 aromatic rings. The van der Waals surface area contributed by atoms with Gasteiger partial charge in [0.2, 0.25) is 0 Å². The second kappa shape index (κ2) is 6.73. The van der Waals surface area contributed by atoms with Gasteiger partial charge in [-0.2, -0.15) is 0 Å². The number of nitrogens with one attached hydrogen (secondary N) is 2. The minimum absolute atomic E-state index is 0.0687. The van der Waals surface area contributed by atoms with E-state index in [0.717, 1.165) is 30.6 Å². The van der Waals surface area contributed by atoms with Crippen molar-refractivity contribution in [2.75, 3.05) is 11.9 Å². The number of hydrogen-bond acceptors (Lipinski definition) is 3. The van der Waals surface area contributed by atoms with Crippen LogP contribution in [0.5, 0.6) is 0 Å². The van der Waals surface area contributed by atoms with Crippen molar-refractivity contribution in [3.05, 3.63) is 22.2 Å². The number of aryl methyl sites for hydroxylation is 1. The Morgan fingerprint density at radius 3 is 2.79 bits per heavy atom. The molecule has 0 bridgehead atoms. The molecule has 0 atom stereocenters. The second-order valence-corrected chi connectivity index (χ2v) is 5.77. The Bertz CT molecular complexity index is 447. The van der Waals surface area contributed by atoms with Gasteiger partial charge in [-0.05, 0) is 18.3 Å². The lowest BCUT2D eigenvalue weighted by Crippen LogP contribution is -2.18. The van der Waals surface area contributed by atoms with E-state index in [1.165, 1.54) is 32.1 Å². The van der Waals surface area contributed by atoms with Crippen LogP contribution in [0.3, 0.4) is 0 Å². The summed E-state index contributed by atoms with van der Waals surface area (Å²) < 4.78 is 0. The van der Waals surface area contributed by atoms with Gasteiger partial charge < -0.3 is 10.3 Å². The smallest absolute Gasteiger partial charge is 0.252 e. The summed E-state index contributed by atoms with van der Waals surface area (Å²) in [5.74, 6) is 3.22. The van der Waals surface area contributed by atoms with Gasteiger partial charge >= 0.3 is 0 Å². The Labute approximate surface area is 115 Å². The molecule has 1 aliphatic carbocycles. The van der Waals surface area contributed by atoms with Crippen molar-refractivity contribution in [1.29, 1.82) is 0 Å². The molecule has 106 valence electrons. The summed E-state index contributed by atoms with van der Waals surface area (Å²) in [6, 6.07) is 1.54. The van der Waals surface area contributed by atoms with Crippen LogP contribution >= 0.6 is 0 Å². The molecule has 0 aliphatic heterocycles. The monoisotopic (exact) mass is 263 g/mol. The SMILES string of the molecule is CCc1nc(NCCC2CCC(C)CC2)cc(=O)[nH]1. The molecular formula is C15H25N3O. The van der Waals surface area contributed by atoms with Crippen LogP contribution in [0, 0.1) is 11.8 Å². The van der Waals surface area contributed by atoms with E-state index in [9.17, 15) is 4.79 Å². The van der Waals surface area contributed by atoms with Gasteiger partial charge in [0.1, 0.15) is 11.6 Å². The highest BCUT2D eigenvalue weighted by molar-refractivity contribution is 5.32. The zero-order valence-electron chi connectivity index (χ0n) is 12.0. The maximum Gasteiger partial charge on any atom is 0.252 e. The van der Waals surface area contributed by atoms with E-state index in [0.29, 0.717) is 5.82 Å². The summed E-state index contributed by atoms with van der Waals surface area (Å²) >= 11 is 0. The fraction of sp³-hybridized carbons (Fsp3) is 0.733. The number of anilines is 1. The lowest BCUT2D eigenvalue weighted by atomic mass is 9.81. The molecule has 19 heavy (non-hydrogen) atoms. The quantitative estimate of drug-likeness (QED) is 0.858. The van der Waals surface area contributed by atoms with Crippen LogP contribution in [0.1, 0.15) is 51.8 Å². The fourth-order valence-corrected chi connectivity index (χ4v) is 2.79. The van der Waals surface area contributed by atoms with E-state index in [4.69, 9.17) is 0 Å². The average molecular weight is 263 g/mol. The van der Waals surface area contributed by atoms with Crippen LogP contribution in [0.25, 0.3) is 0 Å². The fourth-order valence-electron chi connectivity index (χ4n) is 2.79. The van der Waals surface area contributed by atoms with Crippen LogP contribution in [0.2, 0.25) is 0 Å². The molecule has 0 radical (unpaired) electrons. The van der Waals surface area contributed by atoms with Crippen LogP contribution < -0.4 is 10.9 Å². The highest BCUT2D eigenvalue weighted by Gasteiger charge is 2.17. The number of aromatic nitrogens is 2. The lowest BCUT2D eigenvalue weighted by molar-refractivity contribution is 0.282. The van der Waals surface area contributed by atoms with Gasteiger partial charge in [-0.3, -0.25) is 4.79 Å². The molecule has 1 saturated carbocycles. The van der Waals surface area contributed by atoms with E-state index in [2.05, 4.69) is 22.2 Å². The lowest BCUT2D eigenvalue weighted by Gasteiger charge is -2.26. The normalized spacial score (nSPS) is 23.3. The van der Waals surface area contributed by atoms with Crippen molar-refractivity contribution < 1.29 is 0 Å². The first-order valence-electron chi connectivity index (χ1n) is 7.51. The summed E-state index contributed by atoms with van der Waals surface area (Å²) in [4.78, 5) is 18.6. The highest BCUT2D eigenvalue weighted by Crippen LogP contribution is 2.30. The van der Waals surface area contributed by atoms with Gasteiger partial charge in [0.25, 0.3) is 5.56 Å². The molecule has 1 fully saturated rings. The van der Waals surface area contributed by atoms with E-state index < -0.39 is 0 Å². The number of aromatic amines is 1. The van der Waals surface area contributed by atoms with Gasteiger partial charge in [-0.15, -0.1) is 0 Å². The molecule has 0 aromatic carbocycles. The first kappa shape index (κ1) is 14.1. The van der Waals surface area contributed by atoms with Crippen LogP contribution in [0.4, 0.5) is 5.82 Å². The summed E-state index contributed by atoms with van der Waals surface area (Å²) in [6.45, 7) is 5.25. The Morgan fingerprint density at radius 2 is 2.11 bits per heavy atom. The van der Waals surface area contributed by atoms with Crippen molar-refractivity contribution in [3.63, 3.8) is 0 Å². The van der Waals surface area contributed by atoms with Crippen LogP contribution in [0.15, 0.2) is 10.9 Å². The van der Waals surface area contributed by atoms with E-state index in [-0.39, 0.29) is 5.56 Å². The van der Waals surface area contributed by atoms with E-state index in [1.54, 1.807) is 6.07 Å². The van der Waals surface area contributed by atoms with Gasteiger partial charge in [0, 0.05) is 19.0 Å². The van der Waals surface area contributed by atoms with Crippen molar-refractivity contribution in [1.82, 2.24) is 9.97 Å². The van der Waals surface area contributed by atoms with Gasteiger partial charge in [-0.1, -0.05) is 39.5 Å². The molecule has 2 N–H and O–H groups in total. The Balaban J connectivity index is 1.79. The molecule has 4 heteroatoms. The first-order chi connectivity index (χ1) is 9.17. The third-order valence-corrected chi connectivity index (χ3v) is 4.12. The molecule has 1 heterocycles. The molecule has 4 nitrogen and oxygen atoms in total. The molecule has 0 unspecified atom stereocenters. The number of hydrogen-bond donors (Lipinski definition) is 2. The van der Waals surface area contributed by atoms with Crippen molar-refractivity contribution in [2.45, 2.75) is 52.4 Å². The number of H-pyrrole nitrogens is 1. The standard InChI is InChI=1S/C15H25N3O/c1-3-13-17-14(10-15(19)18-13)16-9-8-12-6-4-11(2)5-7-12/h10-12H,3-9H2,1-2H3,(H2,16,17,18,19). The third-order valence-electron chi connectivity index (χ3n) is 4.12. The summed E-state index contributed by atoms with van der Waals surface area (Å²) in [5, 5.41) is 3.29. The third kappa shape index (κ3) is 4.37. The maximum absolute atomic E-state index is 11.4. The minimum atomic E-state index is -0.0687. The van der Waals surface area contributed by atoms with Crippen LogP contribution in [-0.4, -0.2) is 16.5 Å². The largest absolute Gasteiger partial charge is 0.370 e. The minimum Gasteiger partial charge on any atom is -0.370 e. The van der Waals surface area contributed by atoms with Gasteiger partial charge in [0.05, 0.1) is 0 Å². The highest BCUT2D eigenvalue weighted by atomic mass is 16.1. The predicted molar refractivity (Wildman–Crippen MR) is 78.5 cm³/mol. The van der Waals surface area contributed by atoms with Crippen molar-refractivity contribution in [3.8, 4) is 0 Å². The predicted octanol–water partition coefficient (Wildman–Crippen LogP) is 2.96. The Morgan fingerprint density at radius 1 is 1.37 bits per heavy atom. The first-order valence-corrected chi connectivity index (χ1v) is 7.51. The zero-order chi connectivity index (χ0) is 13.7. The Hall–Kier alpha value is -1.32. The van der Waals surface area contributed by atoms with E-state index in [1.807, 2.05) is 6.92 Å². The molecule has 0 amide bonds. The summed E-state index contributed by atoms with van der Waals surface area (Å²) in [6.07, 6.45) is 7.38. The summed E-state index contributed by atoms with van der Waals surface area (Å²) in [7, 11) is 0. The molecular weight excluding hydrogens is 238 g/mol. The molecule has 1 aliphatic rings. The number of nitrogens with zero attached hydrogens (tertiary/aromatic N) is 1. The van der Waals surface area contributed by atoms with Gasteiger partial charge in [0.15, 0.2) is 0 Å².